The van der Waals surface area contributed by atoms with E-state index in [2.05, 4.69) is 36.9 Å². The van der Waals surface area contributed by atoms with E-state index in [0.29, 0.717) is 10.0 Å². The molecule has 0 radical (unpaired) electrons. The summed E-state index contributed by atoms with van der Waals surface area (Å²) < 4.78 is 6.28. The molecule has 122 valence electrons. The maximum absolute atomic E-state index is 6.38. The number of fused-ring (bicyclic) bond motifs is 1. The van der Waals surface area contributed by atoms with Gasteiger partial charge in [0.1, 0.15) is 11.9 Å². The van der Waals surface area contributed by atoms with Gasteiger partial charge in [0, 0.05) is 34.1 Å². The maximum Gasteiger partial charge on any atom is 0.131 e. The lowest BCUT2D eigenvalue weighted by Crippen LogP contribution is -2.34. The molecule has 2 aromatic rings. The molecule has 2 aromatic carbocycles. The van der Waals surface area contributed by atoms with E-state index in [1.54, 1.807) is 6.07 Å². The highest BCUT2D eigenvalue weighted by atomic mass is 35.5. The van der Waals surface area contributed by atoms with E-state index in [0.717, 1.165) is 42.9 Å². The Labute approximate surface area is 148 Å². The molecule has 1 heterocycles. The summed E-state index contributed by atoms with van der Waals surface area (Å²) in [7, 11) is 0. The average Bonchev–Trinajstić information content (AvgIpc) is 2.97. The molecule has 0 N–H and O–H groups in total. The molecule has 0 fully saturated rings. The fourth-order valence-corrected chi connectivity index (χ4v) is 3.52. The first-order valence-corrected chi connectivity index (χ1v) is 8.84. The van der Waals surface area contributed by atoms with Crippen LogP contribution in [0.1, 0.15) is 19.4 Å². The van der Waals surface area contributed by atoms with E-state index in [4.69, 9.17) is 27.9 Å². The van der Waals surface area contributed by atoms with Crippen LogP contribution >= 0.6 is 23.2 Å². The molecule has 0 saturated heterocycles. The number of halogens is 2. The second kappa shape index (κ2) is 7.12. The van der Waals surface area contributed by atoms with Crippen molar-refractivity contribution in [3.8, 4) is 16.9 Å². The largest absolute Gasteiger partial charge is 0.488 e. The van der Waals surface area contributed by atoms with Crippen molar-refractivity contribution in [2.24, 2.45) is 0 Å². The first-order valence-electron chi connectivity index (χ1n) is 8.08. The SMILES string of the molecule is CCN(CC)CC1Cc2cccc(-c3cc(Cl)ccc3Cl)c2O1. The number of likely N-dealkylation sites (N-methyl/N-ethyl adjacent to an activating group) is 1. The topological polar surface area (TPSA) is 12.5 Å². The van der Waals surface area contributed by atoms with Crippen LogP contribution in [-0.2, 0) is 6.42 Å². The van der Waals surface area contributed by atoms with Gasteiger partial charge in [-0.25, -0.2) is 0 Å². The summed E-state index contributed by atoms with van der Waals surface area (Å²) in [4.78, 5) is 2.39. The number of rotatable bonds is 5. The van der Waals surface area contributed by atoms with Gasteiger partial charge in [0.2, 0.25) is 0 Å². The molecule has 0 saturated carbocycles. The summed E-state index contributed by atoms with van der Waals surface area (Å²) in [5.74, 6) is 0.953. The first-order chi connectivity index (χ1) is 11.1. The van der Waals surface area contributed by atoms with Crippen molar-refractivity contribution in [3.63, 3.8) is 0 Å². The highest BCUT2D eigenvalue weighted by Gasteiger charge is 2.27. The lowest BCUT2D eigenvalue weighted by Gasteiger charge is -2.22. The molecule has 0 amide bonds. The predicted molar refractivity (Wildman–Crippen MR) is 97.8 cm³/mol. The van der Waals surface area contributed by atoms with Crippen LogP contribution in [0.2, 0.25) is 10.0 Å². The first kappa shape index (κ1) is 16.6. The average molecular weight is 350 g/mol. The van der Waals surface area contributed by atoms with Gasteiger partial charge in [0.15, 0.2) is 0 Å². The van der Waals surface area contributed by atoms with E-state index in [1.165, 1.54) is 5.56 Å². The van der Waals surface area contributed by atoms with Gasteiger partial charge in [-0.2, -0.15) is 0 Å². The summed E-state index contributed by atoms with van der Waals surface area (Å²) in [5.41, 5.74) is 3.20. The lowest BCUT2D eigenvalue weighted by molar-refractivity contribution is 0.159. The molecular formula is C19H21Cl2NO. The molecule has 23 heavy (non-hydrogen) atoms. The zero-order chi connectivity index (χ0) is 16.4. The quantitative estimate of drug-likeness (QED) is 0.725. The highest BCUT2D eigenvalue weighted by Crippen LogP contribution is 2.42. The summed E-state index contributed by atoms with van der Waals surface area (Å²) in [5, 5.41) is 1.37. The molecule has 0 aromatic heterocycles. The minimum Gasteiger partial charge on any atom is -0.488 e. The summed E-state index contributed by atoms with van der Waals surface area (Å²) >= 11 is 12.5. The fourth-order valence-electron chi connectivity index (χ4n) is 3.13. The van der Waals surface area contributed by atoms with Crippen molar-refractivity contribution in [1.29, 1.82) is 0 Å². The minimum absolute atomic E-state index is 0.198. The van der Waals surface area contributed by atoms with Crippen LogP contribution in [0.3, 0.4) is 0 Å². The summed E-state index contributed by atoms with van der Waals surface area (Å²) in [6, 6.07) is 11.8. The Morgan fingerprint density at radius 1 is 1.09 bits per heavy atom. The number of para-hydroxylation sites is 1. The lowest BCUT2D eigenvalue weighted by atomic mass is 10.0. The van der Waals surface area contributed by atoms with Crippen LogP contribution in [0.15, 0.2) is 36.4 Å². The number of benzene rings is 2. The standard InChI is InChI=1S/C19H21Cl2NO/c1-3-22(4-2)12-15-10-13-6-5-7-16(19(13)23-15)17-11-14(20)8-9-18(17)21/h5-9,11,15H,3-4,10,12H2,1-2H3. The number of hydrogen-bond donors (Lipinski definition) is 0. The van der Waals surface area contributed by atoms with Crippen LogP contribution in [0.5, 0.6) is 5.75 Å². The Balaban J connectivity index is 1.91. The van der Waals surface area contributed by atoms with Crippen LogP contribution in [0, 0.1) is 0 Å². The molecular weight excluding hydrogens is 329 g/mol. The van der Waals surface area contributed by atoms with Gasteiger partial charge >= 0.3 is 0 Å². The Morgan fingerprint density at radius 3 is 2.61 bits per heavy atom. The number of ether oxygens (including phenoxy) is 1. The maximum atomic E-state index is 6.38. The predicted octanol–water partition coefficient (Wildman–Crippen LogP) is 5.31. The number of nitrogens with zero attached hydrogens (tertiary/aromatic N) is 1. The van der Waals surface area contributed by atoms with Crippen molar-refractivity contribution < 1.29 is 4.74 Å². The van der Waals surface area contributed by atoms with Crippen LogP contribution in [-0.4, -0.2) is 30.6 Å². The van der Waals surface area contributed by atoms with Crippen molar-refractivity contribution in [1.82, 2.24) is 4.90 Å². The van der Waals surface area contributed by atoms with E-state index >= 15 is 0 Å². The Morgan fingerprint density at radius 2 is 1.87 bits per heavy atom. The van der Waals surface area contributed by atoms with Gasteiger partial charge in [-0.1, -0.05) is 55.2 Å². The van der Waals surface area contributed by atoms with E-state index in [-0.39, 0.29) is 6.10 Å². The molecule has 0 spiro atoms. The molecule has 0 aliphatic carbocycles. The third-order valence-corrected chi connectivity index (χ3v) is 4.97. The monoisotopic (exact) mass is 349 g/mol. The van der Waals surface area contributed by atoms with Crippen molar-refractivity contribution in [3.05, 3.63) is 52.0 Å². The summed E-state index contributed by atoms with van der Waals surface area (Å²) in [6.45, 7) is 7.40. The minimum atomic E-state index is 0.198. The molecule has 4 heteroatoms. The molecule has 2 nitrogen and oxygen atoms in total. The van der Waals surface area contributed by atoms with E-state index in [9.17, 15) is 0 Å². The Bertz CT molecular complexity index is 698. The van der Waals surface area contributed by atoms with E-state index in [1.807, 2.05) is 12.1 Å². The van der Waals surface area contributed by atoms with Gasteiger partial charge in [-0.3, -0.25) is 0 Å². The zero-order valence-corrected chi connectivity index (χ0v) is 15.0. The van der Waals surface area contributed by atoms with Gasteiger partial charge in [-0.15, -0.1) is 0 Å². The third kappa shape index (κ3) is 3.50. The third-order valence-electron chi connectivity index (χ3n) is 4.40. The van der Waals surface area contributed by atoms with Gasteiger partial charge in [0.05, 0.1) is 0 Å². The molecule has 3 rings (SSSR count). The smallest absolute Gasteiger partial charge is 0.131 e. The molecule has 1 unspecified atom stereocenters. The molecule has 1 aliphatic rings. The van der Waals surface area contributed by atoms with E-state index < -0.39 is 0 Å². The molecule has 1 atom stereocenters. The highest BCUT2D eigenvalue weighted by molar-refractivity contribution is 6.35. The Kier molecular flexibility index (Phi) is 5.15. The van der Waals surface area contributed by atoms with Gasteiger partial charge in [0.25, 0.3) is 0 Å². The van der Waals surface area contributed by atoms with Gasteiger partial charge < -0.3 is 9.64 Å². The van der Waals surface area contributed by atoms with Crippen LogP contribution in [0.25, 0.3) is 11.1 Å². The normalized spacial score (nSPS) is 16.5. The van der Waals surface area contributed by atoms with Gasteiger partial charge in [-0.05, 0) is 36.9 Å². The Hall–Kier alpha value is -1.22. The number of hydrogen-bond acceptors (Lipinski definition) is 2. The van der Waals surface area contributed by atoms with Crippen molar-refractivity contribution >= 4 is 23.2 Å². The van der Waals surface area contributed by atoms with Crippen LogP contribution in [0.4, 0.5) is 0 Å². The molecule has 1 aliphatic heterocycles. The second-order valence-corrected chi connectivity index (χ2v) is 6.69. The van der Waals surface area contributed by atoms with Crippen LogP contribution < -0.4 is 4.74 Å². The zero-order valence-electron chi connectivity index (χ0n) is 13.5. The second-order valence-electron chi connectivity index (χ2n) is 5.85. The van der Waals surface area contributed by atoms with Crippen molar-refractivity contribution in [2.75, 3.05) is 19.6 Å². The fraction of sp³-hybridized carbons (Fsp3) is 0.368. The van der Waals surface area contributed by atoms with Crippen molar-refractivity contribution in [2.45, 2.75) is 26.4 Å². The molecule has 0 bridgehead atoms. The summed E-state index contributed by atoms with van der Waals surface area (Å²) in [6.07, 6.45) is 1.14.